The largest absolute Gasteiger partial charge is 0.495 e. The van der Waals surface area contributed by atoms with Crippen LogP contribution in [-0.2, 0) is 19.6 Å². The lowest BCUT2D eigenvalue weighted by Crippen LogP contribution is -2.37. The van der Waals surface area contributed by atoms with E-state index in [1.165, 1.54) is 20.3 Å². The third-order valence-corrected chi connectivity index (χ3v) is 4.74. The molecule has 9 heteroatoms. The minimum absolute atomic E-state index is 0.251. The van der Waals surface area contributed by atoms with Gasteiger partial charge in [-0.1, -0.05) is 18.2 Å². The van der Waals surface area contributed by atoms with Gasteiger partial charge in [-0.2, -0.15) is 0 Å². The van der Waals surface area contributed by atoms with Gasteiger partial charge < -0.3 is 14.8 Å². The maximum Gasteiger partial charge on any atom is 0.337 e. The molecule has 0 aromatic heterocycles. The number of anilines is 2. The van der Waals surface area contributed by atoms with Gasteiger partial charge in [0.1, 0.15) is 12.3 Å². The van der Waals surface area contributed by atoms with Crippen LogP contribution in [0, 0.1) is 0 Å². The van der Waals surface area contributed by atoms with Crippen LogP contribution in [0.25, 0.3) is 0 Å². The number of nitrogens with one attached hydrogen (secondary N) is 1. The van der Waals surface area contributed by atoms with Crippen molar-refractivity contribution in [2.75, 3.05) is 36.6 Å². The van der Waals surface area contributed by atoms with E-state index >= 15 is 0 Å². The van der Waals surface area contributed by atoms with Gasteiger partial charge in [0, 0.05) is 5.69 Å². The summed E-state index contributed by atoms with van der Waals surface area (Å²) in [7, 11) is -1.08. The van der Waals surface area contributed by atoms with Gasteiger partial charge >= 0.3 is 5.97 Å². The second-order valence-corrected chi connectivity index (χ2v) is 7.47. The highest BCUT2D eigenvalue weighted by atomic mass is 32.2. The number of rotatable bonds is 7. The third kappa shape index (κ3) is 5.20. The van der Waals surface area contributed by atoms with E-state index in [9.17, 15) is 18.0 Å². The van der Waals surface area contributed by atoms with Crippen molar-refractivity contribution in [2.45, 2.75) is 0 Å². The summed E-state index contributed by atoms with van der Waals surface area (Å²) >= 11 is 0. The molecule has 0 heterocycles. The van der Waals surface area contributed by atoms with Crippen molar-refractivity contribution in [1.82, 2.24) is 0 Å². The summed E-state index contributed by atoms with van der Waals surface area (Å²) in [6.07, 6.45) is 1.00. The van der Waals surface area contributed by atoms with Crippen molar-refractivity contribution in [3.63, 3.8) is 0 Å². The number of carbonyl (C=O) groups excluding carboxylic acids is 2. The Balaban J connectivity index is 2.24. The van der Waals surface area contributed by atoms with Crippen molar-refractivity contribution >= 4 is 33.3 Å². The van der Waals surface area contributed by atoms with Gasteiger partial charge in [0.05, 0.1) is 31.7 Å². The zero-order valence-electron chi connectivity index (χ0n) is 15.1. The van der Waals surface area contributed by atoms with E-state index in [-0.39, 0.29) is 11.3 Å². The smallest absolute Gasteiger partial charge is 0.337 e. The van der Waals surface area contributed by atoms with Gasteiger partial charge in [-0.3, -0.25) is 9.10 Å². The fourth-order valence-corrected chi connectivity index (χ4v) is 3.25. The molecule has 1 N–H and O–H groups in total. The van der Waals surface area contributed by atoms with Crippen molar-refractivity contribution in [1.29, 1.82) is 0 Å². The van der Waals surface area contributed by atoms with E-state index in [4.69, 9.17) is 4.74 Å². The molecule has 1 amide bonds. The van der Waals surface area contributed by atoms with Crippen LogP contribution >= 0.6 is 0 Å². The van der Waals surface area contributed by atoms with Gasteiger partial charge in [-0.15, -0.1) is 0 Å². The highest BCUT2D eigenvalue weighted by Crippen LogP contribution is 2.29. The summed E-state index contributed by atoms with van der Waals surface area (Å²) in [6.45, 7) is -0.457. The molecular weight excluding hydrogens is 372 g/mol. The van der Waals surface area contributed by atoms with Crippen LogP contribution in [0.15, 0.2) is 48.5 Å². The maximum atomic E-state index is 12.4. The van der Waals surface area contributed by atoms with E-state index in [2.05, 4.69) is 10.1 Å². The minimum Gasteiger partial charge on any atom is -0.495 e. The number of amides is 1. The molecule has 0 atom stereocenters. The molecule has 27 heavy (non-hydrogen) atoms. The van der Waals surface area contributed by atoms with E-state index < -0.39 is 28.4 Å². The zero-order valence-corrected chi connectivity index (χ0v) is 15.9. The van der Waals surface area contributed by atoms with Crippen LogP contribution in [-0.4, -0.2) is 47.3 Å². The molecule has 0 aliphatic carbocycles. The standard InChI is InChI=1S/C18H20N2O6S/c1-25-16-10-5-4-9-15(16)20(27(3,23)24)12-17(21)19-14-8-6-7-13(11-14)18(22)26-2/h4-11H,12H2,1-3H3,(H,19,21). The summed E-state index contributed by atoms with van der Waals surface area (Å²) in [5, 5.41) is 2.58. The Hall–Kier alpha value is -3.07. The minimum atomic E-state index is -3.75. The summed E-state index contributed by atoms with van der Waals surface area (Å²) in [5.41, 5.74) is 0.859. The predicted molar refractivity (Wildman–Crippen MR) is 102 cm³/mol. The topological polar surface area (TPSA) is 102 Å². The summed E-state index contributed by atoms with van der Waals surface area (Å²) in [5.74, 6) is -0.797. The second kappa shape index (κ2) is 8.54. The third-order valence-electron chi connectivity index (χ3n) is 3.61. The fourth-order valence-electron chi connectivity index (χ4n) is 2.39. The summed E-state index contributed by atoms with van der Waals surface area (Å²) in [6, 6.07) is 12.6. The molecule has 2 rings (SSSR count). The number of para-hydroxylation sites is 2. The Labute approximate surface area is 157 Å². The number of hydrogen-bond acceptors (Lipinski definition) is 6. The Morgan fingerprint density at radius 1 is 1.07 bits per heavy atom. The highest BCUT2D eigenvalue weighted by Gasteiger charge is 2.23. The molecule has 0 radical (unpaired) electrons. The number of hydrogen-bond donors (Lipinski definition) is 1. The number of methoxy groups -OCH3 is 2. The number of esters is 1. The van der Waals surface area contributed by atoms with Crippen molar-refractivity contribution in [3.8, 4) is 5.75 Å². The van der Waals surface area contributed by atoms with Crippen molar-refractivity contribution in [2.24, 2.45) is 0 Å². The molecule has 0 spiro atoms. The number of benzene rings is 2. The van der Waals surface area contributed by atoms with E-state index in [1.54, 1.807) is 42.5 Å². The molecule has 2 aromatic carbocycles. The molecular formula is C18H20N2O6S. The lowest BCUT2D eigenvalue weighted by molar-refractivity contribution is -0.114. The van der Waals surface area contributed by atoms with Gasteiger partial charge in [0.25, 0.3) is 0 Å². The first kappa shape index (κ1) is 20.2. The number of sulfonamides is 1. The first-order valence-corrected chi connectivity index (χ1v) is 9.70. The fraction of sp³-hybridized carbons (Fsp3) is 0.222. The molecule has 0 unspecified atom stereocenters. The van der Waals surface area contributed by atoms with Crippen molar-refractivity contribution < 1.29 is 27.5 Å². The Morgan fingerprint density at radius 3 is 2.41 bits per heavy atom. The highest BCUT2D eigenvalue weighted by molar-refractivity contribution is 7.92. The lowest BCUT2D eigenvalue weighted by Gasteiger charge is -2.23. The molecule has 8 nitrogen and oxygen atoms in total. The average molecular weight is 392 g/mol. The van der Waals surface area contributed by atoms with E-state index in [0.717, 1.165) is 10.6 Å². The monoisotopic (exact) mass is 392 g/mol. The van der Waals surface area contributed by atoms with Crippen molar-refractivity contribution in [3.05, 3.63) is 54.1 Å². The quantitative estimate of drug-likeness (QED) is 0.722. The number of nitrogens with zero attached hydrogens (tertiary/aromatic N) is 1. The van der Waals surface area contributed by atoms with Gasteiger partial charge in [0.2, 0.25) is 15.9 Å². The molecule has 0 saturated heterocycles. The SMILES string of the molecule is COC(=O)c1cccc(NC(=O)CN(c2ccccc2OC)S(C)(=O)=O)c1. The molecule has 0 aliphatic heterocycles. The normalized spacial score (nSPS) is 10.8. The molecule has 0 bridgehead atoms. The molecule has 0 aliphatic rings. The zero-order chi connectivity index (χ0) is 20.0. The molecule has 0 saturated carbocycles. The maximum absolute atomic E-state index is 12.4. The predicted octanol–water partition coefficient (Wildman–Crippen LogP) is 1.89. The number of ether oxygens (including phenoxy) is 2. The lowest BCUT2D eigenvalue weighted by atomic mass is 10.2. The van der Waals surface area contributed by atoms with Gasteiger partial charge in [-0.25, -0.2) is 13.2 Å². The van der Waals surface area contributed by atoms with Crippen LogP contribution in [0.4, 0.5) is 11.4 Å². The molecule has 0 fully saturated rings. The summed E-state index contributed by atoms with van der Waals surface area (Å²) < 4.78 is 35.2. The first-order chi connectivity index (χ1) is 12.8. The average Bonchev–Trinajstić information content (AvgIpc) is 2.64. The van der Waals surface area contributed by atoms with Crippen LogP contribution in [0.5, 0.6) is 5.75 Å². The van der Waals surface area contributed by atoms with E-state index in [0.29, 0.717) is 11.4 Å². The van der Waals surface area contributed by atoms with Gasteiger partial charge in [-0.05, 0) is 30.3 Å². The Kier molecular flexibility index (Phi) is 6.40. The second-order valence-electron chi connectivity index (χ2n) is 5.56. The molecule has 2 aromatic rings. The van der Waals surface area contributed by atoms with Crippen LogP contribution < -0.4 is 14.4 Å². The van der Waals surface area contributed by atoms with Crippen LogP contribution in [0.1, 0.15) is 10.4 Å². The first-order valence-electron chi connectivity index (χ1n) is 7.85. The molecule has 144 valence electrons. The van der Waals surface area contributed by atoms with Crippen LogP contribution in [0.3, 0.4) is 0 Å². The number of carbonyl (C=O) groups is 2. The summed E-state index contributed by atoms with van der Waals surface area (Å²) in [4.78, 5) is 24.0. The van der Waals surface area contributed by atoms with Crippen LogP contribution in [0.2, 0.25) is 0 Å². The van der Waals surface area contributed by atoms with Gasteiger partial charge in [0.15, 0.2) is 0 Å². The Bertz CT molecular complexity index is 942. The Morgan fingerprint density at radius 2 is 1.78 bits per heavy atom. The van der Waals surface area contributed by atoms with E-state index in [1.807, 2.05) is 0 Å².